The van der Waals surface area contributed by atoms with E-state index in [4.69, 9.17) is 15.0 Å². The van der Waals surface area contributed by atoms with Gasteiger partial charge in [-0.25, -0.2) is 19.7 Å². The number of fused-ring (bicyclic) bond motifs is 1. The van der Waals surface area contributed by atoms with Crippen molar-refractivity contribution in [1.29, 1.82) is 0 Å². The van der Waals surface area contributed by atoms with Crippen LogP contribution in [-0.4, -0.2) is 50.1 Å². The Balaban J connectivity index is 1.33. The summed E-state index contributed by atoms with van der Waals surface area (Å²) in [6.45, 7) is -0.0894. The summed E-state index contributed by atoms with van der Waals surface area (Å²) < 4.78 is 13.2. The molecule has 0 saturated carbocycles. The normalized spacial score (nSPS) is 18.9. The van der Waals surface area contributed by atoms with Crippen LogP contribution in [0.15, 0.2) is 78.4 Å². The van der Waals surface area contributed by atoms with E-state index in [0.29, 0.717) is 28.7 Å². The van der Waals surface area contributed by atoms with Gasteiger partial charge in [-0.1, -0.05) is 41.5 Å². The topological polar surface area (TPSA) is 157 Å². The summed E-state index contributed by atoms with van der Waals surface area (Å²) in [5.41, 5.74) is 10.7. The molecule has 1 aliphatic heterocycles. The van der Waals surface area contributed by atoms with E-state index in [1.54, 1.807) is 59.2 Å². The van der Waals surface area contributed by atoms with Gasteiger partial charge in [-0.05, 0) is 29.8 Å². The van der Waals surface area contributed by atoms with E-state index in [-0.39, 0.29) is 18.3 Å². The second kappa shape index (κ2) is 10.2. The molecule has 1 saturated heterocycles. The Labute approximate surface area is 204 Å². The smallest absolute Gasteiger partial charge is 0.338 e. The highest BCUT2D eigenvalue weighted by Crippen LogP contribution is 2.34. The lowest BCUT2D eigenvalue weighted by Gasteiger charge is -2.16. The van der Waals surface area contributed by atoms with Gasteiger partial charge in [0.25, 0.3) is 5.91 Å². The zero-order valence-corrected chi connectivity index (χ0v) is 18.8. The van der Waals surface area contributed by atoms with E-state index < -0.39 is 24.3 Å². The van der Waals surface area contributed by atoms with Crippen LogP contribution in [0, 0.1) is 0 Å². The predicted molar refractivity (Wildman–Crippen MR) is 128 cm³/mol. The van der Waals surface area contributed by atoms with Crippen LogP contribution in [0.3, 0.4) is 0 Å². The average molecular weight is 484 g/mol. The number of esters is 1. The molecule has 180 valence electrons. The molecule has 12 heteroatoms. The Morgan fingerprint density at radius 2 is 1.81 bits per heavy atom. The first kappa shape index (κ1) is 23.0. The SMILES string of the molecule is [N-]=[N+]=N[C@H]1C[C@H](n2cnc3c(NC(=O)c4ccccc4)ncnc32)O[C@@H]1COC(=O)c1ccccc1. The van der Waals surface area contributed by atoms with Crippen molar-refractivity contribution >= 4 is 28.9 Å². The molecule has 12 nitrogen and oxygen atoms in total. The number of anilines is 1. The molecule has 1 N–H and O–H groups in total. The molecule has 0 aliphatic carbocycles. The molecule has 4 aromatic rings. The van der Waals surface area contributed by atoms with Crippen LogP contribution in [0.5, 0.6) is 0 Å². The van der Waals surface area contributed by atoms with Gasteiger partial charge in [-0.3, -0.25) is 9.36 Å². The van der Waals surface area contributed by atoms with Crippen molar-refractivity contribution < 1.29 is 19.1 Å². The number of ether oxygens (including phenoxy) is 2. The van der Waals surface area contributed by atoms with Crippen molar-refractivity contribution in [3.63, 3.8) is 0 Å². The van der Waals surface area contributed by atoms with Gasteiger partial charge >= 0.3 is 5.97 Å². The molecule has 3 heterocycles. The molecule has 1 amide bonds. The highest BCUT2D eigenvalue weighted by Gasteiger charge is 2.37. The lowest BCUT2D eigenvalue weighted by molar-refractivity contribution is -0.0332. The summed E-state index contributed by atoms with van der Waals surface area (Å²) in [4.78, 5) is 40.7. The number of aromatic nitrogens is 4. The third-order valence-corrected chi connectivity index (χ3v) is 5.73. The summed E-state index contributed by atoms with van der Waals surface area (Å²) in [7, 11) is 0. The number of azide groups is 1. The van der Waals surface area contributed by atoms with Crippen molar-refractivity contribution in [2.24, 2.45) is 5.11 Å². The molecular weight excluding hydrogens is 464 g/mol. The van der Waals surface area contributed by atoms with Crippen LogP contribution in [0.25, 0.3) is 21.6 Å². The first-order chi connectivity index (χ1) is 17.6. The van der Waals surface area contributed by atoms with Crippen LogP contribution in [0.1, 0.15) is 33.4 Å². The van der Waals surface area contributed by atoms with Crippen molar-refractivity contribution in [2.45, 2.75) is 24.8 Å². The summed E-state index contributed by atoms with van der Waals surface area (Å²) in [6, 6.07) is 16.8. The fourth-order valence-electron chi connectivity index (χ4n) is 3.96. The lowest BCUT2D eigenvalue weighted by atomic mass is 10.1. The van der Waals surface area contributed by atoms with E-state index in [0.717, 1.165) is 0 Å². The number of nitrogens with zero attached hydrogens (tertiary/aromatic N) is 7. The first-order valence-electron chi connectivity index (χ1n) is 11.1. The number of nitrogens with one attached hydrogen (secondary N) is 1. The third-order valence-electron chi connectivity index (χ3n) is 5.73. The second-order valence-corrected chi connectivity index (χ2v) is 7.97. The highest BCUT2D eigenvalue weighted by molar-refractivity contribution is 6.06. The number of hydrogen-bond donors (Lipinski definition) is 1. The lowest BCUT2D eigenvalue weighted by Crippen LogP contribution is -2.26. The maximum absolute atomic E-state index is 12.6. The van der Waals surface area contributed by atoms with Crippen molar-refractivity contribution in [3.05, 3.63) is 94.9 Å². The van der Waals surface area contributed by atoms with Crippen LogP contribution in [-0.2, 0) is 9.47 Å². The van der Waals surface area contributed by atoms with Gasteiger partial charge < -0.3 is 14.8 Å². The monoisotopic (exact) mass is 484 g/mol. The van der Waals surface area contributed by atoms with Gasteiger partial charge in [0.1, 0.15) is 25.3 Å². The van der Waals surface area contributed by atoms with Gasteiger partial charge in [0.05, 0.1) is 17.9 Å². The minimum Gasteiger partial charge on any atom is -0.459 e. The van der Waals surface area contributed by atoms with Gasteiger partial charge in [0, 0.05) is 16.9 Å². The number of imidazole rings is 1. The average Bonchev–Trinajstić information content (AvgIpc) is 3.53. The Morgan fingerprint density at radius 3 is 2.53 bits per heavy atom. The van der Waals surface area contributed by atoms with Crippen LogP contribution >= 0.6 is 0 Å². The second-order valence-electron chi connectivity index (χ2n) is 7.97. The minimum absolute atomic E-state index is 0.0894. The number of benzene rings is 2. The molecule has 2 aromatic heterocycles. The zero-order chi connectivity index (χ0) is 24.9. The molecule has 5 rings (SSSR count). The van der Waals surface area contributed by atoms with E-state index in [1.165, 1.54) is 12.7 Å². The number of rotatable bonds is 7. The fourth-order valence-corrected chi connectivity index (χ4v) is 3.96. The molecule has 36 heavy (non-hydrogen) atoms. The standard InChI is InChI=1S/C24H20N8O4/c25-31-30-17-11-19(36-18(17)12-35-24(34)16-9-5-2-6-10-16)32-14-28-20-21(26-13-27-22(20)32)29-23(33)15-7-3-1-4-8-15/h1-10,13-14,17-19H,11-12H2,(H,26,27,29,33)/t17-,18+,19+/m0/s1. The zero-order valence-electron chi connectivity index (χ0n) is 18.8. The molecular formula is C24H20N8O4. The molecule has 3 atom stereocenters. The summed E-state index contributed by atoms with van der Waals surface area (Å²) >= 11 is 0. The van der Waals surface area contributed by atoms with Crippen molar-refractivity contribution in [2.75, 3.05) is 11.9 Å². The third kappa shape index (κ3) is 4.71. The maximum Gasteiger partial charge on any atom is 0.338 e. The number of carbonyl (C=O) groups is 2. The van der Waals surface area contributed by atoms with Gasteiger partial charge in [0.15, 0.2) is 17.0 Å². The molecule has 1 aliphatic rings. The maximum atomic E-state index is 12.6. The Morgan fingerprint density at radius 1 is 1.08 bits per heavy atom. The largest absolute Gasteiger partial charge is 0.459 e. The highest BCUT2D eigenvalue weighted by atomic mass is 16.6. The van der Waals surface area contributed by atoms with E-state index in [9.17, 15) is 9.59 Å². The Hall–Kier alpha value is -4.80. The number of carbonyl (C=O) groups excluding carboxylic acids is 2. The van der Waals surface area contributed by atoms with Crippen LogP contribution < -0.4 is 5.32 Å². The molecule has 2 aromatic carbocycles. The summed E-state index contributed by atoms with van der Waals surface area (Å²) in [5, 5.41) is 6.59. The molecule has 0 unspecified atom stereocenters. The van der Waals surface area contributed by atoms with E-state index in [2.05, 4.69) is 30.3 Å². The molecule has 0 bridgehead atoms. The number of amides is 1. The number of hydrogen-bond acceptors (Lipinski definition) is 8. The van der Waals surface area contributed by atoms with Crippen LogP contribution in [0.4, 0.5) is 5.82 Å². The minimum atomic E-state index is -0.657. The first-order valence-corrected chi connectivity index (χ1v) is 11.1. The summed E-state index contributed by atoms with van der Waals surface area (Å²) in [6.07, 6.45) is 1.92. The van der Waals surface area contributed by atoms with E-state index in [1.807, 2.05) is 6.07 Å². The Kier molecular flexibility index (Phi) is 6.52. The fraction of sp³-hybridized carbons (Fsp3) is 0.208. The van der Waals surface area contributed by atoms with Gasteiger partial charge in [-0.15, -0.1) is 0 Å². The van der Waals surface area contributed by atoms with Crippen LogP contribution in [0.2, 0.25) is 0 Å². The summed E-state index contributed by atoms with van der Waals surface area (Å²) in [5.74, 6) is -0.571. The van der Waals surface area contributed by atoms with Crippen molar-refractivity contribution in [1.82, 2.24) is 19.5 Å². The van der Waals surface area contributed by atoms with Gasteiger partial charge in [-0.2, -0.15) is 0 Å². The van der Waals surface area contributed by atoms with Gasteiger partial charge in [0.2, 0.25) is 0 Å². The molecule has 1 fully saturated rings. The Bertz CT molecular complexity index is 1440. The van der Waals surface area contributed by atoms with Crippen molar-refractivity contribution in [3.8, 4) is 0 Å². The molecule has 0 radical (unpaired) electrons. The molecule has 0 spiro atoms. The van der Waals surface area contributed by atoms with E-state index >= 15 is 0 Å². The predicted octanol–water partition coefficient (Wildman–Crippen LogP) is 3.90. The quantitative estimate of drug-likeness (QED) is 0.180.